The first-order valence-electron chi connectivity index (χ1n) is 5.31. The van der Waals surface area contributed by atoms with Crippen LogP contribution in [-0.4, -0.2) is 36.1 Å². The number of hydrogen-bond acceptors (Lipinski definition) is 3. The first-order valence-corrected chi connectivity index (χ1v) is 6.06. The van der Waals surface area contributed by atoms with Crippen molar-refractivity contribution in [2.24, 2.45) is 0 Å². The van der Waals surface area contributed by atoms with Gasteiger partial charge in [0.25, 0.3) is 0 Å². The van der Waals surface area contributed by atoms with E-state index in [1.165, 1.54) is 12.8 Å². The highest BCUT2D eigenvalue weighted by atomic mass is 35.5. The Bertz CT molecular complexity index is 376. The molecule has 0 aromatic carbocycles. The molecule has 1 fully saturated rings. The lowest BCUT2D eigenvalue weighted by molar-refractivity contribution is 0.198. The van der Waals surface area contributed by atoms with Crippen molar-refractivity contribution in [1.29, 1.82) is 0 Å². The maximum atomic E-state index is 5.85. The average molecular weight is 298 g/mol. The summed E-state index contributed by atoms with van der Waals surface area (Å²) in [7, 11) is 2.12. The van der Waals surface area contributed by atoms with E-state index in [-0.39, 0.29) is 12.4 Å². The number of ether oxygens (including phenoxy) is 1. The van der Waals surface area contributed by atoms with Gasteiger partial charge < -0.3 is 9.64 Å². The molecular weight excluding hydrogens is 282 g/mol. The number of likely N-dealkylation sites (tertiary alicyclic amines) is 1. The van der Waals surface area contributed by atoms with E-state index in [4.69, 9.17) is 27.9 Å². The smallest absolute Gasteiger partial charge is 0.147 e. The zero-order valence-corrected chi connectivity index (χ0v) is 11.9. The highest BCUT2D eigenvalue weighted by Crippen LogP contribution is 2.24. The van der Waals surface area contributed by atoms with Crippen LogP contribution >= 0.6 is 35.6 Å². The SMILES string of the molecule is CN1CCC[C@@H]1COc1cnc(Cl)c(Cl)c1.Cl. The molecule has 0 bridgehead atoms. The van der Waals surface area contributed by atoms with Crippen molar-refractivity contribution in [2.75, 3.05) is 20.2 Å². The minimum Gasteiger partial charge on any atom is -0.490 e. The molecule has 0 amide bonds. The minimum atomic E-state index is 0. The highest BCUT2D eigenvalue weighted by Gasteiger charge is 2.21. The Labute approximate surface area is 117 Å². The first-order chi connectivity index (χ1) is 7.66. The second kappa shape index (κ2) is 6.64. The molecule has 1 aromatic rings. The van der Waals surface area contributed by atoms with Gasteiger partial charge in [0.15, 0.2) is 0 Å². The number of hydrogen-bond donors (Lipinski definition) is 0. The molecule has 1 aliphatic heterocycles. The van der Waals surface area contributed by atoms with E-state index >= 15 is 0 Å². The summed E-state index contributed by atoms with van der Waals surface area (Å²) < 4.78 is 5.65. The Hall–Kier alpha value is -0.220. The largest absolute Gasteiger partial charge is 0.490 e. The maximum absolute atomic E-state index is 5.85. The maximum Gasteiger partial charge on any atom is 0.147 e. The highest BCUT2D eigenvalue weighted by molar-refractivity contribution is 6.41. The van der Waals surface area contributed by atoms with Crippen molar-refractivity contribution in [3.05, 3.63) is 22.4 Å². The molecule has 0 saturated carbocycles. The van der Waals surface area contributed by atoms with E-state index in [0.717, 1.165) is 6.54 Å². The van der Waals surface area contributed by atoms with Gasteiger partial charge in [-0.2, -0.15) is 0 Å². The van der Waals surface area contributed by atoms with Crippen molar-refractivity contribution < 1.29 is 4.74 Å². The quantitative estimate of drug-likeness (QED) is 0.801. The Morgan fingerprint density at radius 3 is 2.88 bits per heavy atom. The van der Waals surface area contributed by atoms with Crippen LogP contribution in [0.25, 0.3) is 0 Å². The lowest BCUT2D eigenvalue weighted by atomic mass is 10.2. The van der Waals surface area contributed by atoms with Crippen molar-refractivity contribution in [1.82, 2.24) is 9.88 Å². The Morgan fingerprint density at radius 1 is 1.53 bits per heavy atom. The lowest BCUT2D eigenvalue weighted by Gasteiger charge is -2.19. The molecule has 0 radical (unpaired) electrons. The van der Waals surface area contributed by atoms with Gasteiger partial charge in [-0.05, 0) is 26.4 Å². The molecule has 0 N–H and O–H groups in total. The molecule has 0 aliphatic carbocycles. The lowest BCUT2D eigenvalue weighted by Crippen LogP contribution is -2.30. The molecule has 17 heavy (non-hydrogen) atoms. The summed E-state index contributed by atoms with van der Waals surface area (Å²) >= 11 is 11.6. The summed E-state index contributed by atoms with van der Waals surface area (Å²) in [6, 6.07) is 2.20. The van der Waals surface area contributed by atoms with Crippen LogP contribution < -0.4 is 4.74 Å². The van der Waals surface area contributed by atoms with Gasteiger partial charge in [-0.25, -0.2) is 4.98 Å². The van der Waals surface area contributed by atoms with Gasteiger partial charge >= 0.3 is 0 Å². The molecular formula is C11H15Cl3N2O. The number of likely N-dealkylation sites (N-methyl/N-ethyl adjacent to an activating group) is 1. The van der Waals surface area contributed by atoms with Gasteiger partial charge in [0, 0.05) is 12.1 Å². The van der Waals surface area contributed by atoms with Crippen LogP contribution in [0.15, 0.2) is 12.3 Å². The van der Waals surface area contributed by atoms with Crippen molar-refractivity contribution >= 4 is 35.6 Å². The van der Waals surface area contributed by atoms with Gasteiger partial charge in [0.2, 0.25) is 0 Å². The standard InChI is InChI=1S/C11H14Cl2N2O.ClH/c1-15-4-2-3-8(15)7-16-9-5-10(12)11(13)14-6-9;/h5-6,8H,2-4,7H2,1H3;1H/t8-;/m1./s1. The molecule has 6 heteroatoms. The minimum absolute atomic E-state index is 0. The second-order valence-electron chi connectivity index (χ2n) is 4.03. The second-order valence-corrected chi connectivity index (χ2v) is 4.80. The average Bonchev–Trinajstić information content (AvgIpc) is 2.66. The number of halogens is 3. The Morgan fingerprint density at radius 2 is 2.29 bits per heavy atom. The summed E-state index contributed by atoms with van der Waals surface area (Å²) in [4.78, 5) is 6.25. The van der Waals surface area contributed by atoms with E-state index < -0.39 is 0 Å². The van der Waals surface area contributed by atoms with Gasteiger partial charge in [0.1, 0.15) is 17.5 Å². The van der Waals surface area contributed by atoms with Crippen LogP contribution in [0.2, 0.25) is 10.2 Å². The van der Waals surface area contributed by atoms with Gasteiger partial charge in [-0.15, -0.1) is 12.4 Å². The topological polar surface area (TPSA) is 25.4 Å². The van der Waals surface area contributed by atoms with Gasteiger partial charge in [-0.1, -0.05) is 23.2 Å². The van der Waals surface area contributed by atoms with Gasteiger partial charge in [-0.3, -0.25) is 0 Å². The van der Waals surface area contributed by atoms with E-state index in [1.807, 2.05) is 0 Å². The molecule has 1 aromatic heterocycles. The Balaban J connectivity index is 0.00000144. The van der Waals surface area contributed by atoms with Crippen LogP contribution in [0.1, 0.15) is 12.8 Å². The predicted octanol–water partition coefficient (Wildman–Crippen LogP) is 3.28. The third-order valence-electron chi connectivity index (χ3n) is 2.89. The number of rotatable bonds is 3. The number of pyridine rings is 1. The summed E-state index contributed by atoms with van der Waals surface area (Å²) in [6.45, 7) is 1.82. The van der Waals surface area contributed by atoms with Crippen molar-refractivity contribution in [3.8, 4) is 5.75 Å². The zero-order chi connectivity index (χ0) is 11.5. The Kier molecular flexibility index (Phi) is 5.80. The molecule has 96 valence electrons. The summed E-state index contributed by atoms with van der Waals surface area (Å²) in [6.07, 6.45) is 4.03. The molecule has 3 nitrogen and oxygen atoms in total. The molecule has 1 saturated heterocycles. The monoisotopic (exact) mass is 296 g/mol. The molecule has 1 atom stereocenters. The molecule has 0 spiro atoms. The molecule has 2 rings (SSSR count). The van der Waals surface area contributed by atoms with Crippen LogP contribution in [0.3, 0.4) is 0 Å². The third kappa shape index (κ3) is 3.88. The van der Waals surface area contributed by atoms with E-state index in [0.29, 0.717) is 28.6 Å². The molecule has 1 aliphatic rings. The van der Waals surface area contributed by atoms with Crippen LogP contribution in [0.5, 0.6) is 5.75 Å². The number of aromatic nitrogens is 1. The third-order valence-corrected chi connectivity index (χ3v) is 3.57. The van der Waals surface area contributed by atoms with E-state index in [9.17, 15) is 0 Å². The van der Waals surface area contributed by atoms with Crippen LogP contribution in [0, 0.1) is 0 Å². The van der Waals surface area contributed by atoms with Crippen molar-refractivity contribution in [2.45, 2.75) is 18.9 Å². The molecule has 2 heterocycles. The fraction of sp³-hybridized carbons (Fsp3) is 0.545. The normalized spacial score (nSPS) is 20.1. The fourth-order valence-corrected chi connectivity index (χ4v) is 2.12. The predicted molar refractivity (Wildman–Crippen MR) is 72.7 cm³/mol. The van der Waals surface area contributed by atoms with Crippen LogP contribution in [0.4, 0.5) is 0 Å². The first kappa shape index (κ1) is 14.8. The summed E-state index contributed by atoms with van der Waals surface area (Å²) in [5.41, 5.74) is 0. The molecule has 0 unspecified atom stereocenters. The summed E-state index contributed by atoms with van der Waals surface area (Å²) in [5.74, 6) is 0.676. The number of nitrogens with zero attached hydrogens (tertiary/aromatic N) is 2. The van der Waals surface area contributed by atoms with E-state index in [1.54, 1.807) is 12.3 Å². The van der Waals surface area contributed by atoms with E-state index in [2.05, 4.69) is 16.9 Å². The summed E-state index contributed by atoms with van der Waals surface area (Å²) in [5, 5.41) is 0.742. The zero-order valence-electron chi connectivity index (χ0n) is 9.53. The van der Waals surface area contributed by atoms with Gasteiger partial charge in [0.05, 0.1) is 11.2 Å². The van der Waals surface area contributed by atoms with Crippen molar-refractivity contribution in [3.63, 3.8) is 0 Å². The van der Waals surface area contributed by atoms with Crippen LogP contribution in [-0.2, 0) is 0 Å². The fourth-order valence-electron chi connectivity index (χ4n) is 1.86.